The molecule has 38 heavy (non-hydrogen) atoms. The van der Waals surface area contributed by atoms with Crippen LogP contribution in [0.2, 0.25) is 0 Å². The van der Waals surface area contributed by atoms with Crippen LogP contribution in [0, 0.1) is 6.92 Å². The normalized spacial score (nSPS) is 17.9. The van der Waals surface area contributed by atoms with Gasteiger partial charge in [-0.25, -0.2) is 9.78 Å². The second-order valence-corrected chi connectivity index (χ2v) is 9.40. The second kappa shape index (κ2) is 10.0. The van der Waals surface area contributed by atoms with Crippen LogP contribution in [0.5, 0.6) is 17.2 Å². The number of hydrogen-bond acceptors (Lipinski definition) is 10. The molecule has 1 unspecified atom stereocenters. The zero-order valence-corrected chi connectivity index (χ0v) is 21.0. The van der Waals surface area contributed by atoms with Gasteiger partial charge in [-0.1, -0.05) is 36.1 Å². The number of carbonyl (C=O) groups is 3. The van der Waals surface area contributed by atoms with Crippen molar-refractivity contribution in [2.75, 3.05) is 24.7 Å². The summed E-state index contributed by atoms with van der Waals surface area (Å²) in [7, 11) is 0. The number of thiazole rings is 1. The Morgan fingerprint density at radius 1 is 1.21 bits per heavy atom. The molecule has 3 aromatic rings. The molecule has 0 bridgehead atoms. The van der Waals surface area contributed by atoms with Crippen molar-refractivity contribution < 1.29 is 38.8 Å². The van der Waals surface area contributed by atoms with Crippen LogP contribution in [-0.4, -0.2) is 52.7 Å². The Balaban J connectivity index is 1.65. The van der Waals surface area contributed by atoms with Crippen molar-refractivity contribution >= 4 is 39.9 Å². The maximum atomic E-state index is 13.4. The van der Waals surface area contributed by atoms with Crippen LogP contribution in [0.25, 0.3) is 5.76 Å². The molecule has 1 aromatic heterocycles. The molecule has 194 valence electrons. The number of aliphatic hydroxyl groups is 1. The van der Waals surface area contributed by atoms with E-state index in [2.05, 4.69) is 11.6 Å². The maximum absolute atomic E-state index is 13.4. The van der Waals surface area contributed by atoms with Crippen LogP contribution in [0.4, 0.5) is 5.13 Å². The highest BCUT2D eigenvalue weighted by Gasteiger charge is 2.48. The van der Waals surface area contributed by atoms with E-state index in [0.717, 1.165) is 16.2 Å². The van der Waals surface area contributed by atoms with Crippen LogP contribution in [0.3, 0.4) is 0 Å². The average Bonchev–Trinajstić information content (AvgIpc) is 3.43. The molecule has 5 rings (SSSR count). The number of anilines is 1. The Morgan fingerprint density at radius 2 is 1.97 bits per heavy atom. The van der Waals surface area contributed by atoms with Gasteiger partial charge in [0.2, 0.25) is 0 Å². The second-order valence-electron chi connectivity index (χ2n) is 8.42. The number of Topliss-reactive ketones (excluding diaryl/α,β-unsaturated/α-hetero) is 1. The molecule has 11 heteroatoms. The molecule has 2 N–H and O–H groups in total. The lowest BCUT2D eigenvalue weighted by Crippen LogP contribution is -2.29. The number of phenols is 1. The first kappa shape index (κ1) is 25.0. The van der Waals surface area contributed by atoms with E-state index in [1.54, 1.807) is 31.2 Å². The minimum Gasteiger partial charge on any atom is -0.508 e. The third kappa shape index (κ3) is 4.37. The fourth-order valence-electron chi connectivity index (χ4n) is 4.26. The largest absolute Gasteiger partial charge is 0.508 e. The molecular weight excluding hydrogens is 512 g/mol. The molecule has 2 aliphatic heterocycles. The number of carbonyl (C=O) groups excluding carboxylic acids is 3. The highest BCUT2D eigenvalue weighted by molar-refractivity contribution is 7.17. The number of aliphatic hydroxyl groups excluding tert-OH is 1. The topological polar surface area (TPSA) is 135 Å². The summed E-state index contributed by atoms with van der Waals surface area (Å²) in [6, 6.07) is 9.54. The highest BCUT2D eigenvalue weighted by Crippen LogP contribution is 2.45. The van der Waals surface area contributed by atoms with Crippen LogP contribution in [0.1, 0.15) is 32.5 Å². The smallest absolute Gasteiger partial charge is 0.350 e. The predicted octanol–water partition coefficient (Wildman–Crippen LogP) is 3.90. The molecule has 0 aliphatic carbocycles. The third-order valence-corrected chi connectivity index (χ3v) is 7.09. The Morgan fingerprint density at radius 3 is 2.71 bits per heavy atom. The van der Waals surface area contributed by atoms with Crippen LogP contribution < -0.4 is 14.4 Å². The average molecular weight is 535 g/mol. The number of aryl methyl sites for hydroxylation is 1. The van der Waals surface area contributed by atoms with Crippen molar-refractivity contribution in [3.63, 3.8) is 0 Å². The van der Waals surface area contributed by atoms with Crippen molar-refractivity contribution in [2.24, 2.45) is 0 Å². The number of amides is 1. The number of benzene rings is 2. The maximum Gasteiger partial charge on any atom is 0.350 e. The third-order valence-electron chi connectivity index (χ3n) is 5.96. The van der Waals surface area contributed by atoms with Crippen LogP contribution in [-0.2, 0) is 14.3 Å². The Hall–Kier alpha value is -4.64. The van der Waals surface area contributed by atoms with Gasteiger partial charge < -0.3 is 24.4 Å². The minimum atomic E-state index is -1.14. The quantitative estimate of drug-likeness (QED) is 0.159. The number of ketones is 1. The van der Waals surface area contributed by atoms with E-state index in [4.69, 9.17) is 14.2 Å². The Bertz CT molecular complexity index is 1510. The first-order chi connectivity index (χ1) is 18.3. The lowest BCUT2D eigenvalue weighted by atomic mass is 9.95. The van der Waals surface area contributed by atoms with E-state index in [1.165, 1.54) is 24.3 Å². The first-order valence-electron chi connectivity index (χ1n) is 11.6. The fourth-order valence-corrected chi connectivity index (χ4v) is 5.25. The molecule has 1 amide bonds. The zero-order chi connectivity index (χ0) is 27.0. The molecule has 0 saturated carbocycles. The predicted molar refractivity (Wildman–Crippen MR) is 138 cm³/mol. The monoisotopic (exact) mass is 534 g/mol. The number of phenolic OH excluding ortho intramolecular Hbond substituents is 1. The molecule has 3 heterocycles. The summed E-state index contributed by atoms with van der Waals surface area (Å²) in [5, 5.41) is 21.6. The minimum absolute atomic E-state index is 0.00511. The summed E-state index contributed by atoms with van der Waals surface area (Å²) >= 11 is 0.882. The van der Waals surface area contributed by atoms with E-state index < -0.39 is 29.5 Å². The molecule has 0 radical (unpaired) electrons. The van der Waals surface area contributed by atoms with Crippen LogP contribution >= 0.6 is 11.3 Å². The zero-order valence-electron chi connectivity index (χ0n) is 20.2. The van der Waals surface area contributed by atoms with Gasteiger partial charge >= 0.3 is 11.9 Å². The van der Waals surface area contributed by atoms with Crippen molar-refractivity contribution in [3.8, 4) is 17.2 Å². The van der Waals surface area contributed by atoms with Crippen LogP contribution in [0.15, 0.2) is 60.7 Å². The number of rotatable bonds is 6. The van der Waals surface area contributed by atoms with Gasteiger partial charge in [0.25, 0.3) is 5.78 Å². The van der Waals surface area contributed by atoms with Gasteiger partial charge in [0.15, 0.2) is 16.6 Å². The summed E-state index contributed by atoms with van der Waals surface area (Å²) in [4.78, 5) is 44.9. The summed E-state index contributed by atoms with van der Waals surface area (Å²) in [6.07, 6.45) is 1.42. The molecule has 2 aliphatic rings. The van der Waals surface area contributed by atoms with E-state index in [-0.39, 0.29) is 33.5 Å². The molecular formula is C27H22N2O8S. The van der Waals surface area contributed by atoms with E-state index in [1.807, 2.05) is 0 Å². The van der Waals surface area contributed by atoms with E-state index >= 15 is 0 Å². The number of hydrogen-bond donors (Lipinski definition) is 2. The van der Waals surface area contributed by atoms with Gasteiger partial charge in [-0.15, -0.1) is 0 Å². The SMILES string of the molecule is C=CCOC(=O)c1sc(N2C(=O)C(=O)/C(=C(/O)c3ccc4c(c3)OCCO4)C2c2cccc(O)c2)nc1C. The fraction of sp³-hybridized carbons (Fsp3) is 0.185. The molecule has 0 spiro atoms. The number of aromatic nitrogens is 1. The number of nitrogens with zero attached hydrogens (tertiary/aromatic N) is 2. The summed E-state index contributed by atoms with van der Waals surface area (Å²) in [5.74, 6) is -2.19. The van der Waals surface area contributed by atoms with Crippen molar-refractivity contribution in [3.05, 3.63) is 82.4 Å². The van der Waals surface area contributed by atoms with E-state index in [9.17, 15) is 24.6 Å². The van der Waals surface area contributed by atoms with Gasteiger partial charge in [-0.2, -0.15) is 0 Å². The molecule has 1 saturated heterocycles. The molecule has 10 nitrogen and oxygen atoms in total. The van der Waals surface area contributed by atoms with Crippen molar-refractivity contribution in [1.29, 1.82) is 0 Å². The summed E-state index contributed by atoms with van der Waals surface area (Å²) in [5.41, 5.74) is 0.691. The van der Waals surface area contributed by atoms with Gasteiger partial charge in [0, 0.05) is 5.56 Å². The number of aromatic hydroxyl groups is 1. The standard InChI is InChI=1S/C27H22N2O8S/c1-3-9-37-26(34)24-14(2)28-27(38-24)29-21(15-5-4-6-17(30)12-15)20(23(32)25(29)33)22(31)16-7-8-18-19(13-16)36-11-10-35-18/h3-8,12-13,21,30-31H,1,9-11H2,2H3/b22-20+. The Labute approximate surface area is 221 Å². The summed E-state index contributed by atoms with van der Waals surface area (Å²) < 4.78 is 16.2. The van der Waals surface area contributed by atoms with Gasteiger partial charge in [0.1, 0.15) is 36.2 Å². The highest BCUT2D eigenvalue weighted by atomic mass is 32.1. The van der Waals surface area contributed by atoms with Gasteiger partial charge in [-0.05, 0) is 42.8 Å². The van der Waals surface area contributed by atoms with Crippen molar-refractivity contribution in [1.82, 2.24) is 4.98 Å². The lowest BCUT2D eigenvalue weighted by molar-refractivity contribution is -0.132. The van der Waals surface area contributed by atoms with Gasteiger partial charge in [0.05, 0.1) is 17.3 Å². The molecule has 1 atom stereocenters. The van der Waals surface area contributed by atoms with E-state index in [0.29, 0.717) is 36.0 Å². The number of fused-ring (bicyclic) bond motifs is 1. The van der Waals surface area contributed by atoms with Gasteiger partial charge in [-0.3, -0.25) is 14.5 Å². The lowest BCUT2D eigenvalue weighted by Gasteiger charge is -2.23. The number of esters is 1. The molecule has 2 aromatic carbocycles. The number of ether oxygens (including phenoxy) is 3. The summed E-state index contributed by atoms with van der Waals surface area (Å²) in [6.45, 7) is 5.80. The molecule has 1 fully saturated rings. The first-order valence-corrected chi connectivity index (χ1v) is 12.4. The Kier molecular flexibility index (Phi) is 6.60. The van der Waals surface area contributed by atoms with Crippen molar-refractivity contribution in [2.45, 2.75) is 13.0 Å².